The second-order valence-corrected chi connectivity index (χ2v) is 5.50. The smallest absolute Gasteiger partial charge is 0.120 e. The van der Waals surface area contributed by atoms with Crippen LogP contribution >= 0.6 is 0 Å². The van der Waals surface area contributed by atoms with Crippen LogP contribution < -0.4 is 0 Å². The molecule has 1 aliphatic rings. The molecule has 3 rings (SSSR count). The Hall–Kier alpha value is -1.60. The van der Waals surface area contributed by atoms with Gasteiger partial charge in [-0.15, -0.1) is 0 Å². The summed E-state index contributed by atoms with van der Waals surface area (Å²) in [5.41, 5.74) is 1.10. The van der Waals surface area contributed by atoms with Gasteiger partial charge in [-0.05, 0) is 24.0 Å². The summed E-state index contributed by atoms with van der Waals surface area (Å²) in [6, 6.07) is 20.1. The monoisotopic (exact) mass is 238 g/mol. The van der Waals surface area contributed by atoms with Gasteiger partial charge in [0.15, 0.2) is 0 Å². The van der Waals surface area contributed by atoms with Crippen molar-refractivity contribution < 1.29 is 5.11 Å². The lowest BCUT2D eigenvalue weighted by molar-refractivity contribution is 0.00974. The Morgan fingerprint density at radius 3 is 1.56 bits per heavy atom. The van der Waals surface area contributed by atoms with Gasteiger partial charge in [-0.25, -0.2) is 0 Å². The summed E-state index contributed by atoms with van der Waals surface area (Å²) in [7, 11) is 0. The summed E-state index contributed by atoms with van der Waals surface area (Å²) in [6.45, 7) is 2.17. The lowest BCUT2D eigenvalue weighted by Gasteiger charge is -2.35. The fourth-order valence-electron chi connectivity index (χ4n) is 2.77. The maximum atomic E-state index is 11.4. The molecule has 18 heavy (non-hydrogen) atoms. The van der Waals surface area contributed by atoms with Crippen LogP contribution in [0.25, 0.3) is 0 Å². The first-order valence-corrected chi connectivity index (χ1v) is 6.50. The molecule has 1 N–H and O–H groups in total. The Labute approximate surface area is 108 Å². The Bertz CT molecular complexity index is 487. The Morgan fingerprint density at radius 1 is 0.833 bits per heavy atom. The SMILES string of the molecule is CC1(C(O)(c2ccccc2)c2ccccc2)CC1. The van der Waals surface area contributed by atoms with E-state index in [2.05, 4.69) is 6.92 Å². The zero-order valence-corrected chi connectivity index (χ0v) is 10.6. The lowest BCUT2D eigenvalue weighted by Crippen LogP contribution is -2.36. The molecule has 1 heteroatoms. The van der Waals surface area contributed by atoms with Gasteiger partial charge in [-0.2, -0.15) is 0 Å². The first kappa shape index (κ1) is 11.5. The van der Waals surface area contributed by atoms with Gasteiger partial charge in [0.2, 0.25) is 0 Å². The maximum absolute atomic E-state index is 11.4. The number of aliphatic hydroxyl groups is 1. The highest BCUT2D eigenvalue weighted by Crippen LogP contribution is 2.60. The van der Waals surface area contributed by atoms with Gasteiger partial charge in [0, 0.05) is 5.41 Å². The van der Waals surface area contributed by atoms with E-state index in [1.54, 1.807) is 0 Å². The van der Waals surface area contributed by atoms with E-state index in [-0.39, 0.29) is 5.41 Å². The standard InChI is InChI=1S/C17H18O/c1-16(12-13-16)17(18,14-8-4-2-5-9-14)15-10-6-3-7-11-15/h2-11,18H,12-13H2,1H3. The highest BCUT2D eigenvalue weighted by atomic mass is 16.3. The van der Waals surface area contributed by atoms with Gasteiger partial charge in [-0.3, -0.25) is 0 Å². The fraction of sp³-hybridized carbons (Fsp3) is 0.294. The second-order valence-electron chi connectivity index (χ2n) is 5.50. The third-order valence-electron chi connectivity index (χ3n) is 4.26. The molecule has 0 heterocycles. The van der Waals surface area contributed by atoms with Crippen molar-refractivity contribution in [3.8, 4) is 0 Å². The quantitative estimate of drug-likeness (QED) is 0.864. The largest absolute Gasteiger partial charge is 0.380 e. The summed E-state index contributed by atoms with van der Waals surface area (Å²) >= 11 is 0. The molecule has 0 saturated heterocycles. The van der Waals surface area contributed by atoms with E-state index in [1.165, 1.54) is 0 Å². The first-order valence-electron chi connectivity index (χ1n) is 6.50. The van der Waals surface area contributed by atoms with Gasteiger partial charge >= 0.3 is 0 Å². The van der Waals surface area contributed by atoms with Crippen LogP contribution in [0.4, 0.5) is 0 Å². The minimum atomic E-state index is -0.866. The lowest BCUT2D eigenvalue weighted by atomic mass is 9.74. The normalized spacial score (nSPS) is 17.4. The first-order chi connectivity index (χ1) is 8.67. The summed E-state index contributed by atoms with van der Waals surface area (Å²) in [4.78, 5) is 0. The van der Waals surface area contributed by atoms with Crippen LogP contribution in [-0.2, 0) is 5.60 Å². The van der Waals surface area contributed by atoms with Crippen LogP contribution in [0, 0.1) is 5.41 Å². The van der Waals surface area contributed by atoms with Crippen LogP contribution in [0.5, 0.6) is 0 Å². The predicted octanol–water partition coefficient (Wildman–Crippen LogP) is 3.72. The molecular weight excluding hydrogens is 220 g/mol. The Balaban J connectivity index is 2.17. The molecule has 0 spiro atoms. The van der Waals surface area contributed by atoms with E-state index in [1.807, 2.05) is 60.7 Å². The third-order valence-corrected chi connectivity index (χ3v) is 4.26. The zero-order chi connectivity index (χ0) is 12.6. The van der Waals surface area contributed by atoms with Gasteiger partial charge in [0.25, 0.3) is 0 Å². The summed E-state index contributed by atoms with van der Waals surface area (Å²) in [5.74, 6) is 0. The Morgan fingerprint density at radius 2 is 1.22 bits per heavy atom. The molecule has 1 fully saturated rings. The van der Waals surface area contributed by atoms with E-state index in [0.29, 0.717) is 0 Å². The van der Waals surface area contributed by atoms with Crippen molar-refractivity contribution in [2.45, 2.75) is 25.4 Å². The molecular formula is C17H18O. The molecule has 0 aliphatic heterocycles. The Kier molecular flexibility index (Phi) is 2.53. The molecule has 0 aromatic heterocycles. The van der Waals surface area contributed by atoms with Crippen molar-refractivity contribution in [3.63, 3.8) is 0 Å². The van der Waals surface area contributed by atoms with Crippen LogP contribution in [0.2, 0.25) is 0 Å². The van der Waals surface area contributed by atoms with E-state index in [4.69, 9.17) is 0 Å². The van der Waals surface area contributed by atoms with Crippen molar-refractivity contribution >= 4 is 0 Å². The molecule has 1 nitrogen and oxygen atoms in total. The number of hydrogen-bond donors (Lipinski definition) is 1. The third kappa shape index (κ3) is 1.58. The minimum absolute atomic E-state index is 0.0320. The average Bonchev–Trinajstić information content (AvgIpc) is 3.19. The zero-order valence-electron chi connectivity index (χ0n) is 10.6. The van der Waals surface area contributed by atoms with Crippen LogP contribution in [0.15, 0.2) is 60.7 Å². The van der Waals surface area contributed by atoms with Crippen molar-refractivity contribution in [1.29, 1.82) is 0 Å². The van der Waals surface area contributed by atoms with Crippen LogP contribution in [-0.4, -0.2) is 5.11 Å². The maximum Gasteiger partial charge on any atom is 0.120 e. The number of hydrogen-bond acceptors (Lipinski definition) is 1. The molecule has 0 unspecified atom stereocenters. The molecule has 1 saturated carbocycles. The molecule has 0 radical (unpaired) electrons. The van der Waals surface area contributed by atoms with Crippen molar-refractivity contribution in [1.82, 2.24) is 0 Å². The minimum Gasteiger partial charge on any atom is -0.380 e. The van der Waals surface area contributed by atoms with Gasteiger partial charge < -0.3 is 5.11 Å². The second kappa shape index (κ2) is 3.96. The summed E-state index contributed by atoms with van der Waals surface area (Å²) in [6.07, 6.45) is 2.15. The highest BCUT2D eigenvalue weighted by Gasteiger charge is 2.56. The van der Waals surface area contributed by atoms with Gasteiger partial charge in [0.1, 0.15) is 5.60 Å². The molecule has 0 bridgehead atoms. The van der Waals surface area contributed by atoms with Crippen molar-refractivity contribution in [3.05, 3.63) is 71.8 Å². The summed E-state index contributed by atoms with van der Waals surface area (Å²) in [5, 5.41) is 11.4. The van der Waals surface area contributed by atoms with Crippen LogP contribution in [0.3, 0.4) is 0 Å². The number of rotatable bonds is 3. The average molecular weight is 238 g/mol. The van der Waals surface area contributed by atoms with E-state index < -0.39 is 5.60 Å². The molecule has 0 amide bonds. The summed E-state index contributed by atoms with van der Waals surface area (Å²) < 4.78 is 0. The molecule has 2 aromatic rings. The molecule has 2 aromatic carbocycles. The topological polar surface area (TPSA) is 20.2 Å². The van der Waals surface area contributed by atoms with E-state index in [0.717, 1.165) is 24.0 Å². The highest BCUT2D eigenvalue weighted by molar-refractivity contribution is 5.40. The van der Waals surface area contributed by atoms with Crippen molar-refractivity contribution in [2.75, 3.05) is 0 Å². The van der Waals surface area contributed by atoms with E-state index >= 15 is 0 Å². The molecule has 1 aliphatic carbocycles. The van der Waals surface area contributed by atoms with Gasteiger partial charge in [-0.1, -0.05) is 67.6 Å². The molecule has 92 valence electrons. The number of benzene rings is 2. The van der Waals surface area contributed by atoms with Crippen LogP contribution in [0.1, 0.15) is 30.9 Å². The molecule has 0 atom stereocenters. The van der Waals surface area contributed by atoms with E-state index in [9.17, 15) is 5.11 Å². The van der Waals surface area contributed by atoms with Gasteiger partial charge in [0.05, 0.1) is 0 Å². The van der Waals surface area contributed by atoms with Crippen molar-refractivity contribution in [2.24, 2.45) is 5.41 Å². The fourth-order valence-corrected chi connectivity index (χ4v) is 2.77. The predicted molar refractivity (Wildman–Crippen MR) is 73.2 cm³/mol.